The number of pyridine rings is 1. The minimum atomic E-state index is -0.416. The molecule has 102 valence electrons. The summed E-state index contributed by atoms with van der Waals surface area (Å²) in [4.78, 5) is 28.3. The van der Waals surface area contributed by atoms with Crippen LogP contribution in [0.3, 0.4) is 0 Å². The van der Waals surface area contributed by atoms with Crippen LogP contribution >= 0.6 is 0 Å². The summed E-state index contributed by atoms with van der Waals surface area (Å²) in [6.07, 6.45) is 1.64. The number of hydrogen-bond donors (Lipinski definition) is 0. The number of esters is 1. The normalized spacial score (nSPS) is 10.1. The number of likely N-dealkylation sites (N-methyl/N-ethyl adjacent to an activating group) is 1. The first-order valence-corrected chi connectivity index (χ1v) is 5.88. The summed E-state index contributed by atoms with van der Waals surface area (Å²) < 4.78 is 9.74. The zero-order valence-corrected chi connectivity index (χ0v) is 11.3. The highest BCUT2D eigenvalue weighted by atomic mass is 16.5. The molecule has 1 aromatic heterocycles. The molecule has 0 fully saturated rings. The van der Waals surface area contributed by atoms with Crippen molar-refractivity contribution in [1.82, 2.24) is 9.88 Å². The molecule has 1 aromatic rings. The van der Waals surface area contributed by atoms with Gasteiger partial charge in [-0.2, -0.15) is 0 Å². The molecule has 6 nitrogen and oxygen atoms in total. The Hall–Kier alpha value is -1.89. The average Bonchev–Trinajstić information content (AvgIpc) is 2.39. The maximum atomic E-state index is 11.7. The van der Waals surface area contributed by atoms with Crippen molar-refractivity contribution in [3.8, 4) is 0 Å². The topological polar surface area (TPSA) is 68.7 Å². The molecule has 0 saturated heterocycles. The largest absolute Gasteiger partial charge is 0.529 e. The van der Waals surface area contributed by atoms with E-state index in [0.717, 1.165) is 0 Å². The van der Waals surface area contributed by atoms with Crippen LogP contribution < -0.4 is 5.59 Å². The van der Waals surface area contributed by atoms with Gasteiger partial charge in [0, 0.05) is 6.20 Å². The van der Waals surface area contributed by atoms with Gasteiger partial charge in [-0.1, -0.05) is 6.07 Å². The predicted molar refractivity (Wildman–Crippen MR) is 71.1 cm³/mol. The van der Waals surface area contributed by atoms with Gasteiger partial charge in [0.15, 0.2) is 0 Å². The van der Waals surface area contributed by atoms with E-state index in [1.807, 2.05) is 6.07 Å². The molecule has 0 amide bonds. The van der Waals surface area contributed by atoms with E-state index in [1.54, 1.807) is 32.2 Å². The molecule has 0 bridgehead atoms. The highest BCUT2D eigenvalue weighted by Gasteiger charge is 2.19. The fourth-order valence-corrected chi connectivity index (χ4v) is 1.47. The van der Waals surface area contributed by atoms with Crippen LogP contribution in [0.15, 0.2) is 24.4 Å². The van der Waals surface area contributed by atoms with Crippen LogP contribution in [0.1, 0.15) is 0 Å². The third kappa shape index (κ3) is 5.52. The van der Waals surface area contributed by atoms with Crippen LogP contribution in [0.2, 0.25) is 6.82 Å². The van der Waals surface area contributed by atoms with E-state index in [0.29, 0.717) is 5.59 Å². The second-order valence-electron chi connectivity index (χ2n) is 4.14. The second-order valence-corrected chi connectivity index (χ2v) is 4.14. The second kappa shape index (κ2) is 7.53. The van der Waals surface area contributed by atoms with Crippen LogP contribution in [-0.4, -0.2) is 56.0 Å². The molecule has 0 aromatic carbocycles. The van der Waals surface area contributed by atoms with Crippen LogP contribution in [0.25, 0.3) is 0 Å². The van der Waals surface area contributed by atoms with E-state index in [1.165, 1.54) is 12.0 Å². The number of methoxy groups -OCH3 is 1. The standard InChI is InChI=1S/C12H17BN2O4/c1-13(10-6-4-5-7-14-10)19-12(17)9-15(2)8-11(16)18-3/h4-7H,8-9H2,1-3H3. The number of carbonyl (C=O) groups is 2. The van der Waals surface area contributed by atoms with Gasteiger partial charge in [-0.25, -0.2) is 0 Å². The monoisotopic (exact) mass is 264 g/mol. The first kappa shape index (κ1) is 15.2. The minimum absolute atomic E-state index is 0.0201. The third-order valence-corrected chi connectivity index (χ3v) is 2.44. The van der Waals surface area contributed by atoms with Gasteiger partial charge in [-0.05, 0) is 26.0 Å². The molecular formula is C12H17BN2O4. The first-order valence-electron chi connectivity index (χ1n) is 5.88. The lowest BCUT2D eigenvalue weighted by molar-refractivity contribution is -0.142. The molecule has 0 N–H and O–H groups in total. The smallest absolute Gasteiger partial charge is 0.410 e. The Balaban J connectivity index is 2.41. The van der Waals surface area contributed by atoms with Crippen molar-refractivity contribution in [3.05, 3.63) is 24.4 Å². The van der Waals surface area contributed by atoms with Crippen LogP contribution in [0.4, 0.5) is 0 Å². The fraction of sp³-hybridized carbons (Fsp3) is 0.417. The fourth-order valence-electron chi connectivity index (χ4n) is 1.47. The molecule has 1 rings (SSSR count). The summed E-state index contributed by atoms with van der Waals surface area (Å²) in [7, 11) is 2.95. The summed E-state index contributed by atoms with van der Waals surface area (Å²) in [6, 6.07) is 5.41. The summed E-state index contributed by atoms with van der Waals surface area (Å²) in [5.74, 6) is -0.808. The zero-order chi connectivity index (χ0) is 14.3. The van der Waals surface area contributed by atoms with Crippen molar-refractivity contribution in [2.75, 3.05) is 27.2 Å². The van der Waals surface area contributed by atoms with Gasteiger partial charge in [-0.3, -0.25) is 19.5 Å². The molecule has 0 aliphatic carbocycles. The lowest BCUT2D eigenvalue weighted by atomic mass is 9.67. The predicted octanol–water partition coefficient (Wildman–Crippen LogP) is -0.442. The van der Waals surface area contributed by atoms with Crippen molar-refractivity contribution in [1.29, 1.82) is 0 Å². The van der Waals surface area contributed by atoms with E-state index >= 15 is 0 Å². The van der Waals surface area contributed by atoms with Gasteiger partial charge in [0.1, 0.15) is 0 Å². The molecule has 1 heterocycles. The van der Waals surface area contributed by atoms with E-state index in [4.69, 9.17) is 4.65 Å². The molecule has 0 aliphatic heterocycles. The maximum Gasteiger partial charge on any atom is 0.410 e. The minimum Gasteiger partial charge on any atom is -0.529 e. The van der Waals surface area contributed by atoms with E-state index < -0.39 is 18.9 Å². The van der Waals surface area contributed by atoms with Crippen molar-refractivity contribution in [2.24, 2.45) is 0 Å². The van der Waals surface area contributed by atoms with Crippen molar-refractivity contribution in [3.63, 3.8) is 0 Å². The summed E-state index contributed by atoms with van der Waals surface area (Å²) in [5.41, 5.74) is 0.687. The van der Waals surface area contributed by atoms with Crippen molar-refractivity contribution in [2.45, 2.75) is 6.82 Å². The number of carbonyl (C=O) groups excluding carboxylic acids is 2. The number of hydrogen-bond acceptors (Lipinski definition) is 6. The van der Waals surface area contributed by atoms with Gasteiger partial charge < -0.3 is 9.39 Å². The van der Waals surface area contributed by atoms with E-state index in [2.05, 4.69) is 9.72 Å². The van der Waals surface area contributed by atoms with E-state index in [-0.39, 0.29) is 13.1 Å². The summed E-state index contributed by atoms with van der Waals surface area (Å²) in [5, 5.41) is 0. The molecule has 0 radical (unpaired) electrons. The number of nitrogens with zero attached hydrogens (tertiary/aromatic N) is 2. The molecule has 0 atom stereocenters. The van der Waals surface area contributed by atoms with Crippen LogP contribution in [0, 0.1) is 0 Å². The molecule has 0 aliphatic rings. The van der Waals surface area contributed by atoms with Gasteiger partial charge in [0.05, 0.1) is 25.8 Å². The molecule has 0 saturated carbocycles. The Morgan fingerprint density at radius 2 is 2.00 bits per heavy atom. The Bertz CT molecular complexity index is 427. The lowest BCUT2D eigenvalue weighted by Crippen LogP contribution is -2.39. The van der Waals surface area contributed by atoms with Gasteiger partial charge in [0.2, 0.25) is 0 Å². The number of rotatable bonds is 6. The quantitative estimate of drug-likeness (QED) is 0.512. The SMILES string of the molecule is COC(=O)CN(C)CC(=O)OB(C)c1ccccn1. The Kier molecular flexibility index (Phi) is 6.01. The highest BCUT2D eigenvalue weighted by molar-refractivity contribution is 6.66. The number of aromatic nitrogens is 1. The molecule has 0 spiro atoms. The lowest BCUT2D eigenvalue weighted by Gasteiger charge is -2.16. The summed E-state index contributed by atoms with van der Waals surface area (Å²) in [6.45, 7) is 1.40. The van der Waals surface area contributed by atoms with Gasteiger partial charge in [-0.15, -0.1) is 0 Å². The van der Waals surface area contributed by atoms with Gasteiger partial charge >= 0.3 is 18.9 Å². The molecule has 7 heteroatoms. The summed E-state index contributed by atoms with van der Waals surface area (Å²) >= 11 is 0. The van der Waals surface area contributed by atoms with E-state index in [9.17, 15) is 9.59 Å². The zero-order valence-electron chi connectivity index (χ0n) is 11.3. The highest BCUT2D eigenvalue weighted by Crippen LogP contribution is 1.92. The van der Waals surface area contributed by atoms with Crippen LogP contribution in [-0.2, 0) is 19.0 Å². The average molecular weight is 264 g/mol. The molecular weight excluding hydrogens is 247 g/mol. The third-order valence-electron chi connectivity index (χ3n) is 2.44. The van der Waals surface area contributed by atoms with Gasteiger partial charge in [0.25, 0.3) is 0 Å². The Morgan fingerprint density at radius 1 is 1.32 bits per heavy atom. The number of ether oxygens (including phenoxy) is 1. The molecule has 0 unspecified atom stereocenters. The Morgan fingerprint density at radius 3 is 2.58 bits per heavy atom. The molecule has 19 heavy (non-hydrogen) atoms. The van der Waals surface area contributed by atoms with Crippen molar-refractivity contribution >= 4 is 24.4 Å². The maximum absolute atomic E-state index is 11.7. The Labute approximate surface area is 112 Å². The first-order chi connectivity index (χ1) is 9.02. The van der Waals surface area contributed by atoms with Crippen LogP contribution in [0.5, 0.6) is 0 Å². The van der Waals surface area contributed by atoms with Crippen molar-refractivity contribution < 1.29 is 19.0 Å².